The monoisotopic (exact) mass is 255 g/mol. The Bertz CT molecular complexity index is 412. The summed E-state index contributed by atoms with van der Waals surface area (Å²) < 4.78 is 18.7. The maximum Gasteiger partial charge on any atom is 0.139 e. The number of ether oxygens (including phenoxy) is 1. The van der Waals surface area contributed by atoms with Crippen molar-refractivity contribution in [1.29, 1.82) is 0 Å². The molecule has 0 unspecified atom stereocenters. The molecule has 1 aromatic rings. The standard InChI is InChI=1S/C13H18FNOS/c1-9(2)12-11(17-5)6-10(7-15-12)16-8-13(3,4)14/h6-7H,1,8H2,2-5H3. The van der Waals surface area contributed by atoms with Gasteiger partial charge in [0.05, 0.1) is 11.9 Å². The zero-order valence-corrected chi connectivity index (χ0v) is 11.5. The second-order valence-electron chi connectivity index (χ2n) is 4.51. The van der Waals surface area contributed by atoms with E-state index in [0.29, 0.717) is 5.75 Å². The maximum atomic E-state index is 13.3. The van der Waals surface area contributed by atoms with Crippen molar-refractivity contribution in [3.63, 3.8) is 0 Å². The normalized spacial score (nSPS) is 11.4. The first-order valence-corrected chi connectivity index (χ1v) is 6.57. The topological polar surface area (TPSA) is 22.1 Å². The zero-order valence-electron chi connectivity index (χ0n) is 10.7. The number of halogens is 1. The minimum atomic E-state index is -1.34. The second kappa shape index (κ2) is 5.54. The van der Waals surface area contributed by atoms with Gasteiger partial charge in [0.1, 0.15) is 18.0 Å². The van der Waals surface area contributed by atoms with E-state index in [9.17, 15) is 4.39 Å². The van der Waals surface area contributed by atoms with E-state index in [-0.39, 0.29) is 6.61 Å². The lowest BCUT2D eigenvalue weighted by atomic mass is 10.2. The van der Waals surface area contributed by atoms with Crippen LogP contribution in [0, 0.1) is 0 Å². The molecule has 0 bridgehead atoms. The number of alkyl halides is 1. The summed E-state index contributed by atoms with van der Waals surface area (Å²) in [5, 5.41) is 0. The molecule has 0 atom stereocenters. The van der Waals surface area contributed by atoms with Crippen molar-refractivity contribution in [1.82, 2.24) is 4.98 Å². The quantitative estimate of drug-likeness (QED) is 0.743. The maximum absolute atomic E-state index is 13.3. The third-order valence-electron chi connectivity index (χ3n) is 2.03. The van der Waals surface area contributed by atoms with Crippen LogP contribution in [0.3, 0.4) is 0 Å². The minimum absolute atomic E-state index is 0.0227. The number of allylic oxidation sites excluding steroid dienone is 1. The lowest BCUT2D eigenvalue weighted by Crippen LogP contribution is -2.22. The Morgan fingerprint density at radius 3 is 2.71 bits per heavy atom. The van der Waals surface area contributed by atoms with Gasteiger partial charge in [-0.1, -0.05) is 6.58 Å². The molecule has 94 valence electrons. The Morgan fingerprint density at radius 1 is 1.59 bits per heavy atom. The van der Waals surface area contributed by atoms with Gasteiger partial charge in [-0.2, -0.15) is 0 Å². The molecule has 0 saturated heterocycles. The van der Waals surface area contributed by atoms with E-state index in [1.165, 1.54) is 13.8 Å². The molecule has 0 saturated carbocycles. The number of rotatable bonds is 5. The van der Waals surface area contributed by atoms with Crippen molar-refractivity contribution in [2.45, 2.75) is 31.3 Å². The molecule has 0 aliphatic rings. The molecule has 0 amide bonds. The van der Waals surface area contributed by atoms with E-state index >= 15 is 0 Å². The van der Waals surface area contributed by atoms with Gasteiger partial charge in [-0.25, -0.2) is 4.39 Å². The van der Waals surface area contributed by atoms with Crippen molar-refractivity contribution >= 4 is 17.3 Å². The van der Waals surface area contributed by atoms with Crippen molar-refractivity contribution < 1.29 is 9.13 Å². The van der Waals surface area contributed by atoms with Crippen LogP contribution in [0.25, 0.3) is 5.57 Å². The summed E-state index contributed by atoms with van der Waals surface area (Å²) in [5.41, 5.74) is 0.433. The van der Waals surface area contributed by atoms with Gasteiger partial charge in [0, 0.05) is 4.90 Å². The molecule has 1 aromatic heterocycles. The molecule has 1 rings (SSSR count). The summed E-state index contributed by atoms with van der Waals surface area (Å²) in [6, 6.07) is 1.87. The fourth-order valence-electron chi connectivity index (χ4n) is 1.24. The van der Waals surface area contributed by atoms with Crippen molar-refractivity contribution in [3.8, 4) is 5.75 Å². The molecule has 2 nitrogen and oxygen atoms in total. The van der Waals surface area contributed by atoms with Gasteiger partial charge in [0.25, 0.3) is 0 Å². The summed E-state index contributed by atoms with van der Waals surface area (Å²) in [7, 11) is 0. The van der Waals surface area contributed by atoms with Gasteiger partial charge >= 0.3 is 0 Å². The summed E-state index contributed by atoms with van der Waals surface area (Å²) in [5.74, 6) is 0.588. The Kier molecular flexibility index (Phi) is 4.57. The number of thioether (sulfide) groups is 1. The van der Waals surface area contributed by atoms with E-state index in [0.717, 1.165) is 16.2 Å². The van der Waals surface area contributed by atoms with Crippen LogP contribution in [0.15, 0.2) is 23.7 Å². The summed E-state index contributed by atoms with van der Waals surface area (Å²) in [6.07, 6.45) is 3.57. The van der Waals surface area contributed by atoms with Gasteiger partial charge in [-0.15, -0.1) is 11.8 Å². The molecule has 0 aliphatic heterocycles. The fourth-order valence-corrected chi connectivity index (χ4v) is 1.89. The Hall–Kier alpha value is -1.03. The molecule has 0 radical (unpaired) electrons. The van der Waals surface area contributed by atoms with Gasteiger partial charge < -0.3 is 4.74 Å². The largest absolute Gasteiger partial charge is 0.489 e. The van der Waals surface area contributed by atoms with Gasteiger partial charge in [-0.3, -0.25) is 4.98 Å². The van der Waals surface area contributed by atoms with Crippen LogP contribution >= 0.6 is 11.8 Å². The fraction of sp³-hybridized carbons (Fsp3) is 0.462. The van der Waals surface area contributed by atoms with Gasteiger partial charge in [0.15, 0.2) is 0 Å². The average molecular weight is 255 g/mol. The zero-order chi connectivity index (χ0) is 13.1. The first kappa shape index (κ1) is 14.0. The molecule has 0 aliphatic carbocycles. The molecule has 1 heterocycles. The second-order valence-corrected chi connectivity index (χ2v) is 5.36. The molecular weight excluding hydrogens is 237 g/mol. The lowest BCUT2D eigenvalue weighted by Gasteiger charge is -2.16. The van der Waals surface area contributed by atoms with Gasteiger partial charge in [0.2, 0.25) is 0 Å². The smallest absolute Gasteiger partial charge is 0.139 e. The third kappa shape index (κ3) is 4.38. The van der Waals surface area contributed by atoms with Crippen molar-refractivity contribution in [2.24, 2.45) is 0 Å². The Labute approximate surface area is 106 Å². The number of pyridine rings is 1. The van der Waals surface area contributed by atoms with E-state index in [2.05, 4.69) is 11.6 Å². The number of aromatic nitrogens is 1. The molecule has 0 spiro atoms. The molecule has 0 N–H and O–H groups in total. The molecule has 0 fully saturated rings. The van der Waals surface area contributed by atoms with Crippen LogP contribution < -0.4 is 4.74 Å². The van der Waals surface area contributed by atoms with Crippen LogP contribution in [0.1, 0.15) is 26.5 Å². The van der Waals surface area contributed by atoms with Gasteiger partial charge in [-0.05, 0) is 38.7 Å². The first-order chi connectivity index (χ1) is 7.83. The highest BCUT2D eigenvalue weighted by atomic mass is 32.2. The average Bonchev–Trinajstić information content (AvgIpc) is 2.24. The van der Waals surface area contributed by atoms with E-state index in [4.69, 9.17) is 4.74 Å². The van der Waals surface area contributed by atoms with Crippen LogP contribution in [0.2, 0.25) is 0 Å². The molecule has 0 aromatic carbocycles. The highest BCUT2D eigenvalue weighted by Crippen LogP contribution is 2.27. The highest BCUT2D eigenvalue weighted by Gasteiger charge is 2.17. The van der Waals surface area contributed by atoms with Crippen LogP contribution in [-0.2, 0) is 0 Å². The molecule has 17 heavy (non-hydrogen) atoms. The number of hydrogen-bond donors (Lipinski definition) is 0. The predicted octanol–water partition coefficient (Wildman–Crippen LogP) is 3.96. The van der Waals surface area contributed by atoms with E-state index in [1.54, 1.807) is 18.0 Å². The number of nitrogens with zero attached hydrogens (tertiary/aromatic N) is 1. The van der Waals surface area contributed by atoms with E-state index < -0.39 is 5.67 Å². The highest BCUT2D eigenvalue weighted by molar-refractivity contribution is 7.98. The lowest BCUT2D eigenvalue weighted by molar-refractivity contribution is 0.120. The van der Waals surface area contributed by atoms with Crippen LogP contribution in [-0.4, -0.2) is 23.5 Å². The SMILES string of the molecule is C=C(C)c1ncc(OCC(C)(C)F)cc1SC. The number of hydrogen-bond acceptors (Lipinski definition) is 3. The molecular formula is C13H18FNOS. The first-order valence-electron chi connectivity index (χ1n) is 5.35. The summed E-state index contributed by atoms with van der Waals surface area (Å²) in [6.45, 7) is 8.77. The van der Waals surface area contributed by atoms with E-state index in [1.807, 2.05) is 19.2 Å². The summed E-state index contributed by atoms with van der Waals surface area (Å²) in [4.78, 5) is 5.27. The Balaban J connectivity index is 2.87. The predicted molar refractivity (Wildman–Crippen MR) is 71.4 cm³/mol. The summed E-state index contributed by atoms with van der Waals surface area (Å²) >= 11 is 1.57. The van der Waals surface area contributed by atoms with Crippen LogP contribution in [0.4, 0.5) is 4.39 Å². The van der Waals surface area contributed by atoms with Crippen LogP contribution in [0.5, 0.6) is 5.75 Å². The third-order valence-corrected chi connectivity index (χ3v) is 2.78. The van der Waals surface area contributed by atoms with Crippen molar-refractivity contribution in [3.05, 3.63) is 24.5 Å². The minimum Gasteiger partial charge on any atom is -0.489 e. The molecule has 4 heteroatoms. The van der Waals surface area contributed by atoms with Crippen molar-refractivity contribution in [2.75, 3.05) is 12.9 Å². The Morgan fingerprint density at radius 2 is 2.24 bits per heavy atom.